The van der Waals surface area contributed by atoms with Crippen molar-refractivity contribution >= 4 is 5.69 Å². The van der Waals surface area contributed by atoms with Gasteiger partial charge in [-0.25, -0.2) is 0 Å². The summed E-state index contributed by atoms with van der Waals surface area (Å²) in [4.78, 5) is 25.4. The molecule has 0 radical (unpaired) electrons. The van der Waals surface area contributed by atoms with Crippen LogP contribution in [0.1, 0.15) is 65.9 Å². The summed E-state index contributed by atoms with van der Waals surface area (Å²) < 4.78 is 0. The maximum atomic E-state index is 11.7. The first kappa shape index (κ1) is 16.9. The molecule has 3 nitrogen and oxygen atoms in total. The van der Waals surface area contributed by atoms with Gasteiger partial charge in [-0.2, -0.15) is 0 Å². The van der Waals surface area contributed by atoms with Crippen LogP contribution in [0.5, 0.6) is 0 Å². The van der Waals surface area contributed by atoms with Gasteiger partial charge in [-0.15, -0.1) is 0 Å². The van der Waals surface area contributed by atoms with E-state index in [2.05, 4.69) is 20.8 Å². The molecule has 0 aromatic heterocycles. The van der Waals surface area contributed by atoms with E-state index in [9.17, 15) is 9.59 Å². The third-order valence-electron chi connectivity index (χ3n) is 3.91. The summed E-state index contributed by atoms with van der Waals surface area (Å²) >= 11 is 0. The Morgan fingerprint density at radius 1 is 0.900 bits per heavy atom. The van der Waals surface area contributed by atoms with Crippen molar-refractivity contribution in [2.75, 3.05) is 18.0 Å². The van der Waals surface area contributed by atoms with Crippen molar-refractivity contribution in [2.24, 2.45) is 5.41 Å². The summed E-state index contributed by atoms with van der Waals surface area (Å²) in [5.74, 6) is 0. The molecular formula is C17H29NO2. The molecule has 0 atom stereocenters. The summed E-state index contributed by atoms with van der Waals surface area (Å²) in [6.07, 6.45) is 5.31. The average molecular weight is 279 g/mol. The lowest BCUT2D eigenvalue weighted by atomic mass is 9.89. The molecule has 0 bridgehead atoms. The first-order valence-electron chi connectivity index (χ1n) is 7.89. The molecule has 0 aliphatic heterocycles. The fourth-order valence-electron chi connectivity index (χ4n) is 2.67. The summed E-state index contributed by atoms with van der Waals surface area (Å²) in [6, 6.07) is 0. The number of rotatable bonds is 8. The van der Waals surface area contributed by atoms with Crippen LogP contribution in [0.15, 0.2) is 9.59 Å². The SMILES string of the molecule is CCN(CC)c1c(CCCCCC(C)(C)C)c(=O)c1=O. The van der Waals surface area contributed by atoms with Gasteiger partial charge < -0.3 is 4.90 Å². The molecule has 0 unspecified atom stereocenters. The summed E-state index contributed by atoms with van der Waals surface area (Å²) in [5.41, 5.74) is 1.32. The van der Waals surface area contributed by atoms with Gasteiger partial charge >= 0.3 is 0 Å². The molecule has 0 saturated carbocycles. The Balaban J connectivity index is 2.51. The van der Waals surface area contributed by atoms with Crippen molar-refractivity contribution in [2.45, 2.75) is 66.7 Å². The molecule has 0 fully saturated rings. The summed E-state index contributed by atoms with van der Waals surface area (Å²) in [6.45, 7) is 12.4. The van der Waals surface area contributed by atoms with E-state index in [1.165, 1.54) is 12.8 Å². The first-order chi connectivity index (χ1) is 9.31. The van der Waals surface area contributed by atoms with E-state index in [1.54, 1.807) is 0 Å². The van der Waals surface area contributed by atoms with Gasteiger partial charge in [0.2, 0.25) is 10.9 Å². The highest BCUT2D eigenvalue weighted by Crippen LogP contribution is 2.23. The number of unbranched alkanes of at least 4 members (excludes halogenated alkanes) is 2. The Morgan fingerprint density at radius 2 is 1.50 bits per heavy atom. The van der Waals surface area contributed by atoms with Crippen LogP contribution in [-0.2, 0) is 6.42 Å². The van der Waals surface area contributed by atoms with Crippen molar-refractivity contribution in [3.8, 4) is 0 Å². The van der Waals surface area contributed by atoms with E-state index in [0.29, 0.717) is 11.1 Å². The Kier molecular flexibility index (Phi) is 5.97. The molecule has 1 aromatic carbocycles. The van der Waals surface area contributed by atoms with Gasteiger partial charge in [0.05, 0.1) is 5.69 Å². The minimum Gasteiger partial charge on any atom is -0.368 e. The topological polar surface area (TPSA) is 37.4 Å². The van der Waals surface area contributed by atoms with Crippen LogP contribution < -0.4 is 15.8 Å². The van der Waals surface area contributed by atoms with Crippen molar-refractivity contribution in [3.05, 3.63) is 26.0 Å². The Hall–Kier alpha value is -1.12. The molecule has 1 rings (SSSR count). The van der Waals surface area contributed by atoms with Crippen molar-refractivity contribution < 1.29 is 0 Å². The zero-order valence-electron chi connectivity index (χ0n) is 13.7. The van der Waals surface area contributed by atoms with Gasteiger partial charge in [-0.1, -0.05) is 33.6 Å². The van der Waals surface area contributed by atoms with E-state index in [0.717, 1.165) is 37.9 Å². The standard InChI is InChI=1S/C17H29NO2/c1-6-18(7-2)14-13(15(19)16(14)20)11-9-8-10-12-17(3,4)5/h6-12H2,1-5H3. The summed E-state index contributed by atoms with van der Waals surface area (Å²) in [5, 5.41) is 0. The smallest absolute Gasteiger partial charge is 0.249 e. The van der Waals surface area contributed by atoms with E-state index >= 15 is 0 Å². The van der Waals surface area contributed by atoms with Crippen LogP contribution in [0.4, 0.5) is 5.69 Å². The lowest BCUT2D eigenvalue weighted by molar-refractivity contribution is 0.358. The van der Waals surface area contributed by atoms with Gasteiger partial charge in [0, 0.05) is 18.7 Å². The van der Waals surface area contributed by atoms with Gasteiger partial charge in [0.1, 0.15) is 0 Å². The highest BCUT2D eigenvalue weighted by atomic mass is 16.2. The molecule has 20 heavy (non-hydrogen) atoms. The zero-order chi connectivity index (χ0) is 15.3. The van der Waals surface area contributed by atoms with Crippen molar-refractivity contribution in [1.29, 1.82) is 0 Å². The van der Waals surface area contributed by atoms with Crippen LogP contribution in [0.2, 0.25) is 0 Å². The molecule has 0 spiro atoms. The predicted octanol–water partition coefficient (Wildman–Crippen LogP) is 3.28. The largest absolute Gasteiger partial charge is 0.368 e. The maximum Gasteiger partial charge on any atom is 0.249 e. The second kappa shape index (κ2) is 7.05. The van der Waals surface area contributed by atoms with Crippen LogP contribution in [0.3, 0.4) is 0 Å². The monoisotopic (exact) mass is 279 g/mol. The zero-order valence-corrected chi connectivity index (χ0v) is 13.7. The fraction of sp³-hybridized carbons (Fsp3) is 0.765. The Labute approximate surface area is 122 Å². The van der Waals surface area contributed by atoms with Crippen LogP contribution >= 0.6 is 0 Å². The molecule has 0 saturated heterocycles. The van der Waals surface area contributed by atoms with Gasteiger partial charge in [-0.3, -0.25) is 9.59 Å². The van der Waals surface area contributed by atoms with E-state index in [-0.39, 0.29) is 10.9 Å². The lowest BCUT2D eigenvalue weighted by Crippen LogP contribution is -2.43. The highest BCUT2D eigenvalue weighted by Gasteiger charge is 2.23. The summed E-state index contributed by atoms with van der Waals surface area (Å²) in [7, 11) is 0. The van der Waals surface area contributed by atoms with E-state index in [1.807, 2.05) is 18.7 Å². The van der Waals surface area contributed by atoms with Gasteiger partial charge in [0.15, 0.2) is 0 Å². The molecule has 0 aliphatic carbocycles. The molecular weight excluding hydrogens is 250 g/mol. The van der Waals surface area contributed by atoms with Gasteiger partial charge in [-0.05, 0) is 38.5 Å². The molecule has 3 heteroatoms. The molecule has 0 N–H and O–H groups in total. The molecule has 0 aliphatic rings. The van der Waals surface area contributed by atoms with E-state index in [4.69, 9.17) is 0 Å². The quantitative estimate of drug-likeness (QED) is 0.541. The van der Waals surface area contributed by atoms with E-state index < -0.39 is 0 Å². The minimum atomic E-state index is -0.279. The molecule has 0 heterocycles. The number of nitrogens with zero attached hydrogens (tertiary/aromatic N) is 1. The Morgan fingerprint density at radius 3 is 2.00 bits per heavy atom. The second-order valence-electron chi connectivity index (χ2n) is 6.78. The van der Waals surface area contributed by atoms with Crippen LogP contribution in [0.25, 0.3) is 0 Å². The second-order valence-corrected chi connectivity index (χ2v) is 6.78. The average Bonchev–Trinajstić information content (AvgIpc) is 2.39. The maximum absolute atomic E-state index is 11.7. The highest BCUT2D eigenvalue weighted by molar-refractivity contribution is 5.58. The number of anilines is 1. The van der Waals surface area contributed by atoms with Crippen molar-refractivity contribution in [3.63, 3.8) is 0 Å². The third kappa shape index (κ3) is 4.19. The third-order valence-corrected chi connectivity index (χ3v) is 3.91. The van der Waals surface area contributed by atoms with Crippen LogP contribution in [-0.4, -0.2) is 13.1 Å². The minimum absolute atomic E-state index is 0.247. The normalized spacial score (nSPS) is 12.1. The van der Waals surface area contributed by atoms with Crippen LogP contribution in [0, 0.1) is 5.41 Å². The lowest BCUT2D eigenvalue weighted by Gasteiger charge is -2.24. The van der Waals surface area contributed by atoms with Crippen molar-refractivity contribution in [1.82, 2.24) is 0 Å². The molecule has 114 valence electrons. The molecule has 0 amide bonds. The number of hydrogen-bond acceptors (Lipinski definition) is 3. The number of hydrogen-bond donors (Lipinski definition) is 0. The first-order valence-corrected chi connectivity index (χ1v) is 7.89. The fourth-order valence-corrected chi connectivity index (χ4v) is 2.67. The molecule has 1 aromatic rings. The Bertz CT molecular complexity index is 486. The predicted molar refractivity (Wildman–Crippen MR) is 86.5 cm³/mol. The van der Waals surface area contributed by atoms with Gasteiger partial charge in [0.25, 0.3) is 0 Å².